The van der Waals surface area contributed by atoms with E-state index in [2.05, 4.69) is 86.8 Å². The third-order valence-corrected chi connectivity index (χ3v) is 11.2. The Labute approximate surface area is 376 Å². The number of ether oxygens (including phenoxy) is 2. The molecule has 0 heterocycles. The maximum Gasteiger partial charge on any atom is 0.306 e. The van der Waals surface area contributed by atoms with Crippen molar-refractivity contribution in [3.63, 3.8) is 0 Å². The number of quaternary nitrogens is 1. The lowest BCUT2D eigenvalue weighted by molar-refractivity contribution is -0.870. The van der Waals surface area contributed by atoms with Gasteiger partial charge in [0.1, 0.15) is 19.3 Å². The zero-order valence-corrected chi connectivity index (χ0v) is 41.0. The van der Waals surface area contributed by atoms with Crippen molar-refractivity contribution in [1.29, 1.82) is 0 Å². The summed E-state index contributed by atoms with van der Waals surface area (Å²) in [6, 6.07) is 0. The van der Waals surface area contributed by atoms with Crippen molar-refractivity contribution in [2.45, 2.75) is 200 Å². The minimum Gasteiger partial charge on any atom is -0.756 e. The van der Waals surface area contributed by atoms with Crippen LogP contribution in [0.25, 0.3) is 0 Å². The average molecular weight is 876 g/mol. The highest BCUT2D eigenvalue weighted by atomic mass is 31.2. The van der Waals surface area contributed by atoms with Crippen LogP contribution in [0.4, 0.5) is 0 Å². The smallest absolute Gasteiger partial charge is 0.306 e. The van der Waals surface area contributed by atoms with E-state index in [1.54, 1.807) is 0 Å². The first-order valence-corrected chi connectivity index (χ1v) is 26.1. The molecule has 0 saturated heterocycles. The molecular weight excluding hydrogens is 782 g/mol. The van der Waals surface area contributed by atoms with E-state index >= 15 is 0 Å². The van der Waals surface area contributed by atoms with E-state index in [0.29, 0.717) is 24.1 Å². The predicted molar refractivity (Wildman–Crippen MR) is 259 cm³/mol. The highest BCUT2D eigenvalue weighted by Crippen LogP contribution is 2.38. The van der Waals surface area contributed by atoms with Gasteiger partial charge in [-0.25, -0.2) is 0 Å². The number of unbranched alkanes of at least 4 members (excludes halogenated alkanes) is 19. The Morgan fingerprint density at radius 3 is 1.43 bits per heavy atom. The van der Waals surface area contributed by atoms with Gasteiger partial charge in [0.15, 0.2) is 0 Å². The second-order valence-electron chi connectivity index (χ2n) is 17.4. The third kappa shape index (κ3) is 48.8. The molecule has 354 valence electrons. The maximum atomic E-state index is 12.7. The van der Waals surface area contributed by atoms with Gasteiger partial charge in [-0.05, 0) is 83.5 Å². The molecule has 0 fully saturated rings. The fraction of sp³-hybridized carbons (Fsp3) is 0.750. The summed E-state index contributed by atoms with van der Waals surface area (Å²) in [6.45, 7) is 5.22. The molecule has 0 spiro atoms. The summed E-state index contributed by atoms with van der Waals surface area (Å²) in [5, 5.41) is 0. The summed E-state index contributed by atoms with van der Waals surface area (Å²) in [6.07, 6.45) is 57.8. The normalized spacial score (nSPS) is 14.3. The Morgan fingerprint density at radius 2 is 0.951 bits per heavy atom. The SMILES string of the molecule is CC/C=C\C/C=C\C/C=C\CCCCCCOCC(COP(=O)([O-])OCC[N+](C)(C)C)OC(=O)CCCCCCCCCCCC/C=C\C/C=C\C/C=C\CCCCCCC. The molecule has 0 amide bonds. The van der Waals surface area contributed by atoms with Crippen molar-refractivity contribution in [3.05, 3.63) is 72.9 Å². The minimum atomic E-state index is -4.54. The van der Waals surface area contributed by atoms with Crippen molar-refractivity contribution < 1.29 is 37.3 Å². The first kappa shape index (κ1) is 58.9. The molecular formula is C52H94NO7P. The van der Waals surface area contributed by atoms with Crippen LogP contribution in [0.2, 0.25) is 0 Å². The lowest BCUT2D eigenvalue weighted by Crippen LogP contribution is -2.37. The van der Waals surface area contributed by atoms with Crippen LogP contribution in [0.3, 0.4) is 0 Å². The number of carbonyl (C=O) groups excluding carboxylic acids is 1. The Hall–Kier alpha value is -2.06. The number of carbonyl (C=O) groups is 1. The van der Waals surface area contributed by atoms with Crippen LogP contribution in [-0.2, 0) is 27.9 Å². The van der Waals surface area contributed by atoms with Crippen molar-refractivity contribution in [2.24, 2.45) is 0 Å². The van der Waals surface area contributed by atoms with Gasteiger partial charge >= 0.3 is 5.97 Å². The summed E-state index contributed by atoms with van der Waals surface area (Å²) in [4.78, 5) is 25.1. The molecule has 0 aromatic carbocycles. The molecule has 61 heavy (non-hydrogen) atoms. The second-order valence-corrected chi connectivity index (χ2v) is 18.8. The fourth-order valence-electron chi connectivity index (χ4n) is 6.45. The van der Waals surface area contributed by atoms with Gasteiger partial charge in [0.2, 0.25) is 0 Å². The van der Waals surface area contributed by atoms with Crippen molar-refractivity contribution in [2.75, 3.05) is 54.1 Å². The molecule has 0 rings (SSSR count). The lowest BCUT2D eigenvalue weighted by Gasteiger charge is -2.28. The van der Waals surface area contributed by atoms with Crippen LogP contribution in [0.5, 0.6) is 0 Å². The Morgan fingerprint density at radius 1 is 0.525 bits per heavy atom. The Kier molecular flexibility index (Phi) is 43.0. The maximum absolute atomic E-state index is 12.7. The van der Waals surface area contributed by atoms with Crippen LogP contribution < -0.4 is 4.89 Å². The van der Waals surface area contributed by atoms with E-state index in [9.17, 15) is 14.3 Å². The van der Waals surface area contributed by atoms with Gasteiger partial charge in [0.25, 0.3) is 7.82 Å². The molecule has 8 nitrogen and oxygen atoms in total. The predicted octanol–water partition coefficient (Wildman–Crippen LogP) is 14.4. The fourth-order valence-corrected chi connectivity index (χ4v) is 7.18. The zero-order valence-electron chi connectivity index (χ0n) is 40.1. The summed E-state index contributed by atoms with van der Waals surface area (Å²) in [7, 11) is 1.33. The van der Waals surface area contributed by atoms with E-state index in [1.807, 2.05) is 21.1 Å². The lowest BCUT2D eigenvalue weighted by atomic mass is 10.0. The molecule has 0 aliphatic heterocycles. The molecule has 0 aromatic heterocycles. The Bertz CT molecular complexity index is 1200. The summed E-state index contributed by atoms with van der Waals surface area (Å²) in [5.74, 6) is -0.349. The molecule has 2 unspecified atom stereocenters. The number of rotatable bonds is 45. The van der Waals surface area contributed by atoms with Gasteiger partial charge in [-0.15, -0.1) is 0 Å². The number of nitrogens with zero attached hydrogens (tertiary/aromatic N) is 1. The molecule has 0 aromatic rings. The van der Waals surface area contributed by atoms with Gasteiger partial charge in [-0.2, -0.15) is 0 Å². The number of likely N-dealkylation sites (N-methyl/N-ethyl adjacent to an activating group) is 1. The van der Waals surface area contributed by atoms with E-state index in [1.165, 1.54) is 89.9 Å². The second kappa shape index (κ2) is 44.5. The first-order valence-electron chi connectivity index (χ1n) is 24.7. The molecule has 9 heteroatoms. The standard InChI is InChI=1S/C52H94NO7P/c1-6-8-10-12-14-16-18-20-22-23-24-25-26-27-28-29-30-31-32-33-35-37-39-41-43-45-52(54)60-51(50-59-61(55,56)58-48-46-53(3,4)5)49-57-47-44-42-40-38-36-34-21-19-17-15-13-11-9-7-2/h9,11,15,17-18,20-21,23-24,26-27,34,51H,6-8,10,12-14,16,19,22,25,28-33,35-50H2,1-5H3/b11-9-,17-15-,20-18-,24-23-,27-26-,34-21-. The molecule has 0 saturated carbocycles. The van der Waals surface area contributed by atoms with Crippen LogP contribution in [0.15, 0.2) is 72.9 Å². The van der Waals surface area contributed by atoms with Gasteiger partial charge in [0, 0.05) is 13.0 Å². The monoisotopic (exact) mass is 876 g/mol. The van der Waals surface area contributed by atoms with Crippen LogP contribution >= 0.6 is 7.82 Å². The van der Waals surface area contributed by atoms with Gasteiger partial charge in [0.05, 0.1) is 34.4 Å². The van der Waals surface area contributed by atoms with Crippen LogP contribution in [-0.4, -0.2) is 70.7 Å². The van der Waals surface area contributed by atoms with Crippen LogP contribution in [0.1, 0.15) is 194 Å². The van der Waals surface area contributed by atoms with E-state index in [4.69, 9.17) is 18.5 Å². The molecule has 0 bridgehead atoms. The molecule has 0 radical (unpaired) electrons. The summed E-state index contributed by atoms with van der Waals surface area (Å²) in [5.41, 5.74) is 0. The topological polar surface area (TPSA) is 94.1 Å². The highest BCUT2D eigenvalue weighted by Gasteiger charge is 2.20. The minimum absolute atomic E-state index is 0.0173. The van der Waals surface area contributed by atoms with E-state index in [0.717, 1.165) is 83.5 Å². The highest BCUT2D eigenvalue weighted by molar-refractivity contribution is 7.45. The summed E-state index contributed by atoms with van der Waals surface area (Å²) >= 11 is 0. The molecule has 0 aliphatic rings. The van der Waals surface area contributed by atoms with Crippen LogP contribution in [0, 0.1) is 0 Å². The molecule has 0 aliphatic carbocycles. The number of allylic oxidation sites excluding steroid dienone is 12. The van der Waals surface area contributed by atoms with E-state index < -0.39 is 13.9 Å². The van der Waals surface area contributed by atoms with Gasteiger partial charge < -0.3 is 27.9 Å². The van der Waals surface area contributed by atoms with E-state index in [-0.39, 0.29) is 25.8 Å². The van der Waals surface area contributed by atoms with Gasteiger partial charge in [-0.3, -0.25) is 9.36 Å². The third-order valence-electron chi connectivity index (χ3n) is 10.2. The van der Waals surface area contributed by atoms with Crippen molar-refractivity contribution >= 4 is 13.8 Å². The largest absolute Gasteiger partial charge is 0.756 e. The molecule has 0 N–H and O–H groups in total. The quantitative estimate of drug-likeness (QED) is 0.0198. The number of hydrogen-bond donors (Lipinski definition) is 0. The number of hydrogen-bond acceptors (Lipinski definition) is 7. The van der Waals surface area contributed by atoms with Crippen molar-refractivity contribution in [1.82, 2.24) is 0 Å². The zero-order chi connectivity index (χ0) is 44.8. The van der Waals surface area contributed by atoms with Crippen molar-refractivity contribution in [3.8, 4) is 0 Å². The van der Waals surface area contributed by atoms with Gasteiger partial charge in [-0.1, -0.05) is 177 Å². The number of phosphoric acid groups is 1. The summed E-state index contributed by atoms with van der Waals surface area (Å²) < 4.78 is 34.6. The molecule has 2 atom stereocenters. The number of phosphoric ester groups is 1. The number of esters is 1. The average Bonchev–Trinajstić information content (AvgIpc) is 3.22. The Balaban J connectivity index is 4.16. The first-order chi connectivity index (χ1) is 29.6.